The van der Waals surface area contributed by atoms with Crippen LogP contribution in [0.25, 0.3) is 0 Å². The molecule has 1 aliphatic rings. The molecule has 1 amide bonds. The summed E-state index contributed by atoms with van der Waals surface area (Å²) < 4.78 is 0. The van der Waals surface area contributed by atoms with Crippen LogP contribution in [0.2, 0.25) is 0 Å². The third-order valence-corrected chi connectivity index (χ3v) is 4.40. The van der Waals surface area contributed by atoms with E-state index in [0.29, 0.717) is 13.1 Å². The van der Waals surface area contributed by atoms with Crippen LogP contribution in [0, 0.1) is 6.92 Å². The molecule has 4 nitrogen and oxygen atoms in total. The van der Waals surface area contributed by atoms with Crippen molar-refractivity contribution in [3.63, 3.8) is 0 Å². The van der Waals surface area contributed by atoms with Gasteiger partial charge in [-0.3, -0.25) is 4.79 Å². The first-order valence-electron chi connectivity index (χ1n) is 6.64. The van der Waals surface area contributed by atoms with Crippen LogP contribution >= 0.6 is 11.3 Å². The third-order valence-electron chi connectivity index (χ3n) is 3.57. The Morgan fingerprint density at radius 2 is 2.30 bits per heavy atom. The van der Waals surface area contributed by atoms with E-state index < -0.39 is 0 Å². The number of benzene rings is 1. The summed E-state index contributed by atoms with van der Waals surface area (Å²) >= 11 is 1.62. The van der Waals surface area contributed by atoms with Gasteiger partial charge in [0.1, 0.15) is 0 Å². The molecular formula is C15H17N3OS. The number of nitrogens with one attached hydrogen (secondary N) is 1. The van der Waals surface area contributed by atoms with Gasteiger partial charge in [-0.05, 0) is 18.6 Å². The topological polar surface area (TPSA) is 45.2 Å². The molecule has 2 heterocycles. The number of rotatable bonds is 3. The fourth-order valence-corrected chi connectivity index (χ4v) is 3.18. The highest BCUT2D eigenvalue weighted by molar-refractivity contribution is 7.09. The minimum atomic E-state index is -0.0871. The van der Waals surface area contributed by atoms with Crippen LogP contribution in [0.5, 0.6) is 0 Å². The number of anilines is 1. The van der Waals surface area contributed by atoms with E-state index in [1.165, 1.54) is 0 Å². The highest BCUT2D eigenvalue weighted by Crippen LogP contribution is 2.32. The molecule has 0 fully saturated rings. The van der Waals surface area contributed by atoms with Crippen molar-refractivity contribution >= 4 is 22.9 Å². The second kappa shape index (κ2) is 5.25. The molecule has 2 aromatic rings. The SMILES string of the molecule is Cc1nc(CN(C)C(=O)C2CNc3ccccc32)cs1. The van der Waals surface area contributed by atoms with Gasteiger partial charge in [0.05, 0.1) is 23.2 Å². The summed E-state index contributed by atoms with van der Waals surface area (Å²) in [4.78, 5) is 18.8. The van der Waals surface area contributed by atoms with Crippen LogP contribution in [-0.2, 0) is 11.3 Å². The molecule has 1 aromatic heterocycles. The van der Waals surface area contributed by atoms with Crippen LogP contribution in [0.4, 0.5) is 5.69 Å². The van der Waals surface area contributed by atoms with E-state index in [4.69, 9.17) is 0 Å². The Morgan fingerprint density at radius 1 is 1.50 bits per heavy atom. The van der Waals surface area contributed by atoms with E-state index in [9.17, 15) is 4.79 Å². The number of thiazole rings is 1. The average Bonchev–Trinajstić information content (AvgIpc) is 3.04. The van der Waals surface area contributed by atoms with Crippen molar-refractivity contribution in [1.29, 1.82) is 0 Å². The van der Waals surface area contributed by atoms with Gasteiger partial charge < -0.3 is 10.2 Å². The highest BCUT2D eigenvalue weighted by atomic mass is 32.1. The monoisotopic (exact) mass is 287 g/mol. The van der Waals surface area contributed by atoms with Crippen molar-refractivity contribution in [2.75, 3.05) is 18.9 Å². The zero-order chi connectivity index (χ0) is 14.1. The minimum absolute atomic E-state index is 0.0871. The number of para-hydroxylation sites is 1. The van der Waals surface area contributed by atoms with E-state index >= 15 is 0 Å². The van der Waals surface area contributed by atoms with Crippen molar-refractivity contribution in [1.82, 2.24) is 9.88 Å². The molecule has 104 valence electrons. The molecule has 1 aliphatic heterocycles. The Kier molecular flexibility index (Phi) is 3.44. The molecular weight excluding hydrogens is 270 g/mol. The van der Waals surface area contributed by atoms with Gasteiger partial charge in [0.25, 0.3) is 0 Å². The summed E-state index contributed by atoms with van der Waals surface area (Å²) in [6.07, 6.45) is 0. The quantitative estimate of drug-likeness (QED) is 0.944. The molecule has 0 bridgehead atoms. The smallest absolute Gasteiger partial charge is 0.232 e. The predicted molar refractivity (Wildman–Crippen MR) is 81.0 cm³/mol. The van der Waals surface area contributed by atoms with Gasteiger partial charge in [-0.25, -0.2) is 4.98 Å². The minimum Gasteiger partial charge on any atom is -0.384 e. The molecule has 0 aliphatic carbocycles. The van der Waals surface area contributed by atoms with E-state index in [0.717, 1.165) is 22.0 Å². The molecule has 3 rings (SSSR count). The molecule has 1 atom stereocenters. The number of aromatic nitrogens is 1. The first-order valence-corrected chi connectivity index (χ1v) is 7.52. The van der Waals surface area contributed by atoms with E-state index in [2.05, 4.69) is 10.3 Å². The predicted octanol–water partition coefficient (Wildman–Crippen LogP) is 2.62. The number of nitrogens with zero attached hydrogens (tertiary/aromatic N) is 2. The van der Waals surface area contributed by atoms with E-state index in [1.54, 1.807) is 16.2 Å². The van der Waals surface area contributed by atoms with Gasteiger partial charge in [0.15, 0.2) is 0 Å². The van der Waals surface area contributed by atoms with Crippen molar-refractivity contribution in [3.8, 4) is 0 Å². The summed E-state index contributed by atoms with van der Waals surface area (Å²) in [6, 6.07) is 8.02. The maximum absolute atomic E-state index is 12.6. The number of carbonyl (C=O) groups is 1. The van der Waals surface area contributed by atoms with Crippen molar-refractivity contribution < 1.29 is 4.79 Å². The van der Waals surface area contributed by atoms with E-state index in [1.807, 2.05) is 43.6 Å². The number of hydrogen-bond donors (Lipinski definition) is 1. The van der Waals surface area contributed by atoms with Crippen molar-refractivity contribution in [2.24, 2.45) is 0 Å². The van der Waals surface area contributed by atoms with Crippen LogP contribution < -0.4 is 5.32 Å². The summed E-state index contributed by atoms with van der Waals surface area (Å²) in [7, 11) is 1.85. The Hall–Kier alpha value is -1.88. The molecule has 5 heteroatoms. The second-order valence-corrected chi connectivity index (χ2v) is 6.14. The van der Waals surface area contributed by atoms with Crippen LogP contribution in [0.1, 0.15) is 22.2 Å². The zero-order valence-electron chi connectivity index (χ0n) is 11.6. The Morgan fingerprint density at radius 3 is 3.05 bits per heavy atom. The first kappa shape index (κ1) is 13.1. The molecule has 0 saturated heterocycles. The Labute approximate surface area is 122 Å². The normalized spacial score (nSPS) is 16.6. The Balaban J connectivity index is 1.73. The maximum atomic E-state index is 12.6. The fourth-order valence-electron chi connectivity index (χ4n) is 2.57. The van der Waals surface area contributed by atoms with Gasteiger partial charge in [-0.15, -0.1) is 11.3 Å². The summed E-state index contributed by atoms with van der Waals surface area (Å²) in [5.74, 6) is 0.0593. The molecule has 1 N–H and O–H groups in total. The molecule has 0 spiro atoms. The second-order valence-electron chi connectivity index (χ2n) is 5.07. The Bertz CT molecular complexity index is 638. The van der Waals surface area contributed by atoms with Crippen LogP contribution in [0.15, 0.2) is 29.6 Å². The number of amides is 1. The molecule has 1 aromatic carbocycles. The van der Waals surface area contributed by atoms with E-state index in [-0.39, 0.29) is 11.8 Å². The van der Waals surface area contributed by atoms with Gasteiger partial charge in [0.2, 0.25) is 5.91 Å². The van der Waals surface area contributed by atoms with Crippen LogP contribution in [0.3, 0.4) is 0 Å². The highest BCUT2D eigenvalue weighted by Gasteiger charge is 2.30. The maximum Gasteiger partial charge on any atom is 0.232 e. The third kappa shape index (κ3) is 2.41. The van der Waals surface area contributed by atoms with Crippen LogP contribution in [-0.4, -0.2) is 29.4 Å². The number of hydrogen-bond acceptors (Lipinski definition) is 4. The number of carbonyl (C=O) groups excluding carboxylic acids is 1. The average molecular weight is 287 g/mol. The lowest BCUT2D eigenvalue weighted by atomic mass is 10.00. The number of fused-ring (bicyclic) bond motifs is 1. The fraction of sp³-hybridized carbons (Fsp3) is 0.333. The van der Waals surface area contributed by atoms with Gasteiger partial charge in [-0.2, -0.15) is 0 Å². The molecule has 0 radical (unpaired) electrons. The largest absolute Gasteiger partial charge is 0.384 e. The zero-order valence-corrected chi connectivity index (χ0v) is 12.4. The number of aryl methyl sites for hydroxylation is 1. The molecule has 20 heavy (non-hydrogen) atoms. The summed E-state index contributed by atoms with van der Waals surface area (Å²) in [6.45, 7) is 3.23. The standard InChI is InChI=1S/C15H17N3OS/c1-10-17-11(9-20-10)8-18(2)15(19)13-7-16-14-6-4-3-5-12(13)14/h3-6,9,13,16H,7-8H2,1-2H3. The lowest BCUT2D eigenvalue weighted by Gasteiger charge is -2.20. The van der Waals surface area contributed by atoms with Gasteiger partial charge in [-0.1, -0.05) is 18.2 Å². The lowest BCUT2D eigenvalue weighted by molar-refractivity contribution is -0.131. The summed E-state index contributed by atoms with van der Waals surface area (Å²) in [5.41, 5.74) is 3.13. The molecule has 0 saturated carbocycles. The first-order chi connectivity index (χ1) is 9.65. The lowest BCUT2D eigenvalue weighted by Crippen LogP contribution is -2.32. The van der Waals surface area contributed by atoms with Crippen molar-refractivity contribution in [2.45, 2.75) is 19.4 Å². The van der Waals surface area contributed by atoms with Gasteiger partial charge >= 0.3 is 0 Å². The molecule has 1 unspecified atom stereocenters. The van der Waals surface area contributed by atoms with Gasteiger partial charge in [0, 0.05) is 24.7 Å². The summed E-state index contributed by atoms with van der Waals surface area (Å²) in [5, 5.41) is 6.34. The van der Waals surface area contributed by atoms with Crippen molar-refractivity contribution in [3.05, 3.63) is 45.9 Å². The number of likely N-dealkylation sites (N-methyl/N-ethyl adjacent to an activating group) is 1.